The van der Waals surface area contributed by atoms with Gasteiger partial charge in [0.15, 0.2) is 0 Å². The highest BCUT2D eigenvalue weighted by molar-refractivity contribution is 6.31. The Morgan fingerprint density at radius 1 is 1.09 bits per heavy atom. The molecule has 4 rings (SSSR count). The van der Waals surface area contributed by atoms with Crippen molar-refractivity contribution in [1.82, 2.24) is 4.90 Å². The number of carbonyl (C=O) groups is 2. The predicted octanol–water partition coefficient (Wildman–Crippen LogP) is 5.24. The molecule has 9 heteroatoms. The molecule has 34 heavy (non-hydrogen) atoms. The maximum Gasteiger partial charge on any atom is 0.293 e. The Labute approximate surface area is 201 Å². The van der Waals surface area contributed by atoms with Gasteiger partial charge in [0.05, 0.1) is 4.92 Å². The van der Waals surface area contributed by atoms with Crippen LogP contribution in [0.25, 0.3) is 0 Å². The second-order valence-electron chi connectivity index (χ2n) is 8.01. The number of amides is 2. The summed E-state index contributed by atoms with van der Waals surface area (Å²) in [6, 6.07) is 18.8. The van der Waals surface area contributed by atoms with Crippen molar-refractivity contribution in [2.45, 2.75) is 25.9 Å². The summed E-state index contributed by atoms with van der Waals surface area (Å²) in [5, 5.41) is 18.0. The minimum Gasteiger partial charge on any atom is -0.375 e. The zero-order valence-electron chi connectivity index (χ0n) is 18.3. The van der Waals surface area contributed by atoms with Gasteiger partial charge in [-0.3, -0.25) is 19.7 Å². The molecule has 1 aliphatic heterocycles. The summed E-state index contributed by atoms with van der Waals surface area (Å²) < 4.78 is 0. The van der Waals surface area contributed by atoms with E-state index in [1.165, 1.54) is 18.2 Å². The molecular formula is C25H23ClN4O4. The van der Waals surface area contributed by atoms with Gasteiger partial charge in [-0.1, -0.05) is 41.9 Å². The highest BCUT2D eigenvalue weighted by Crippen LogP contribution is 2.28. The molecule has 0 radical (unpaired) electrons. The van der Waals surface area contributed by atoms with Crippen LogP contribution in [-0.2, 0) is 17.9 Å². The van der Waals surface area contributed by atoms with Crippen molar-refractivity contribution >= 4 is 40.5 Å². The monoisotopic (exact) mass is 478 g/mol. The number of likely N-dealkylation sites (tertiary alicyclic amines) is 1. The molecule has 1 fully saturated rings. The third-order valence-electron chi connectivity index (χ3n) is 5.61. The first kappa shape index (κ1) is 23.3. The second kappa shape index (κ2) is 10.4. The lowest BCUT2D eigenvalue weighted by Gasteiger charge is -2.16. The van der Waals surface area contributed by atoms with Crippen LogP contribution in [-0.4, -0.2) is 28.2 Å². The molecule has 0 aromatic heterocycles. The summed E-state index contributed by atoms with van der Waals surface area (Å²) in [4.78, 5) is 37.6. The van der Waals surface area contributed by atoms with Crippen LogP contribution < -0.4 is 10.6 Å². The van der Waals surface area contributed by atoms with Gasteiger partial charge in [-0.2, -0.15) is 0 Å². The smallest absolute Gasteiger partial charge is 0.293 e. The number of hydrogen-bond acceptors (Lipinski definition) is 5. The maximum atomic E-state index is 12.8. The molecule has 3 aromatic carbocycles. The number of anilines is 2. The average molecular weight is 479 g/mol. The second-order valence-corrected chi connectivity index (χ2v) is 8.41. The fourth-order valence-electron chi connectivity index (χ4n) is 3.85. The molecule has 0 spiro atoms. The zero-order valence-corrected chi connectivity index (χ0v) is 19.0. The number of benzene rings is 3. The number of nitrogens with zero attached hydrogens (tertiary/aromatic N) is 2. The van der Waals surface area contributed by atoms with Crippen molar-refractivity contribution < 1.29 is 14.5 Å². The Balaban J connectivity index is 1.46. The summed E-state index contributed by atoms with van der Waals surface area (Å²) >= 11 is 6.16. The van der Waals surface area contributed by atoms with Crippen LogP contribution in [0, 0.1) is 10.1 Å². The van der Waals surface area contributed by atoms with E-state index in [0.717, 1.165) is 24.1 Å². The van der Waals surface area contributed by atoms with Gasteiger partial charge in [0.25, 0.3) is 11.6 Å². The van der Waals surface area contributed by atoms with Gasteiger partial charge in [0.1, 0.15) is 5.69 Å². The molecule has 3 aromatic rings. The number of nitro benzene ring substituents is 1. The zero-order chi connectivity index (χ0) is 24.1. The summed E-state index contributed by atoms with van der Waals surface area (Å²) in [5.41, 5.74) is 2.50. The van der Waals surface area contributed by atoms with E-state index < -0.39 is 10.8 Å². The fourth-order valence-corrected chi connectivity index (χ4v) is 4.05. The van der Waals surface area contributed by atoms with Crippen LogP contribution in [0.15, 0.2) is 66.7 Å². The van der Waals surface area contributed by atoms with Gasteiger partial charge in [-0.25, -0.2) is 0 Å². The lowest BCUT2D eigenvalue weighted by atomic mass is 10.1. The van der Waals surface area contributed by atoms with Crippen molar-refractivity contribution in [3.8, 4) is 0 Å². The van der Waals surface area contributed by atoms with Crippen molar-refractivity contribution in [1.29, 1.82) is 0 Å². The molecule has 2 N–H and O–H groups in total. The van der Waals surface area contributed by atoms with Crippen LogP contribution in [0.2, 0.25) is 5.02 Å². The molecule has 0 aliphatic carbocycles. The van der Waals surface area contributed by atoms with Crippen molar-refractivity contribution in [3.63, 3.8) is 0 Å². The molecule has 1 heterocycles. The van der Waals surface area contributed by atoms with Gasteiger partial charge >= 0.3 is 0 Å². The van der Waals surface area contributed by atoms with Gasteiger partial charge in [-0.05, 0) is 47.9 Å². The standard InChI is InChI=1S/C25H23ClN4O4/c26-21-8-2-1-6-19(21)15-27-22-11-10-18(14-23(22)30(33)34)25(32)28-20-7-3-5-17(13-20)16-29-12-4-9-24(29)31/h1-3,5-8,10-11,13-14,27H,4,9,12,15-16H2,(H,28,32). The molecule has 0 unspecified atom stereocenters. The van der Waals surface area contributed by atoms with E-state index in [4.69, 9.17) is 11.6 Å². The van der Waals surface area contributed by atoms with Gasteiger partial charge in [0.2, 0.25) is 5.91 Å². The van der Waals surface area contributed by atoms with Gasteiger partial charge < -0.3 is 15.5 Å². The van der Waals surface area contributed by atoms with Crippen molar-refractivity contribution in [2.24, 2.45) is 0 Å². The Morgan fingerprint density at radius 2 is 1.91 bits per heavy atom. The first-order valence-electron chi connectivity index (χ1n) is 10.8. The SMILES string of the molecule is O=C(Nc1cccc(CN2CCCC2=O)c1)c1ccc(NCc2ccccc2Cl)c([N+](=O)[O-])c1. The average Bonchev–Trinajstić information content (AvgIpc) is 3.22. The minimum absolute atomic E-state index is 0.130. The summed E-state index contributed by atoms with van der Waals surface area (Å²) in [7, 11) is 0. The van der Waals surface area contributed by atoms with Gasteiger partial charge in [-0.15, -0.1) is 0 Å². The van der Waals surface area contributed by atoms with E-state index in [1.54, 1.807) is 29.2 Å². The van der Waals surface area contributed by atoms with Gasteiger partial charge in [0, 0.05) is 48.4 Å². The van der Waals surface area contributed by atoms with E-state index in [-0.39, 0.29) is 17.2 Å². The third-order valence-corrected chi connectivity index (χ3v) is 5.98. The minimum atomic E-state index is -0.528. The van der Waals surface area contributed by atoms with Crippen LogP contribution in [0.4, 0.5) is 17.1 Å². The molecule has 0 atom stereocenters. The molecule has 8 nitrogen and oxygen atoms in total. The number of nitro groups is 1. The molecule has 0 bridgehead atoms. The molecule has 2 amide bonds. The largest absolute Gasteiger partial charge is 0.375 e. The molecular weight excluding hydrogens is 456 g/mol. The molecule has 1 aliphatic rings. The Bertz CT molecular complexity index is 1250. The summed E-state index contributed by atoms with van der Waals surface area (Å²) in [5.74, 6) is -0.333. The highest BCUT2D eigenvalue weighted by Gasteiger charge is 2.21. The quantitative estimate of drug-likeness (QED) is 0.340. The number of hydrogen-bond donors (Lipinski definition) is 2. The number of carbonyl (C=O) groups excluding carboxylic acids is 2. The first-order valence-corrected chi connectivity index (χ1v) is 11.2. The Morgan fingerprint density at radius 3 is 2.65 bits per heavy atom. The van der Waals surface area contributed by atoms with Crippen molar-refractivity contribution in [3.05, 3.63) is 98.6 Å². The van der Waals surface area contributed by atoms with Crippen LogP contribution in [0.1, 0.15) is 34.3 Å². The summed E-state index contributed by atoms with van der Waals surface area (Å²) in [6.07, 6.45) is 1.43. The number of rotatable bonds is 8. The molecule has 1 saturated heterocycles. The third kappa shape index (κ3) is 5.52. The highest BCUT2D eigenvalue weighted by atomic mass is 35.5. The van der Waals surface area contributed by atoms with E-state index >= 15 is 0 Å². The maximum absolute atomic E-state index is 12.8. The van der Waals surface area contributed by atoms with Crippen LogP contribution in [0.3, 0.4) is 0 Å². The predicted molar refractivity (Wildman–Crippen MR) is 131 cm³/mol. The number of halogens is 1. The topological polar surface area (TPSA) is 105 Å². The first-order chi connectivity index (χ1) is 16.4. The normalized spacial score (nSPS) is 13.1. The van der Waals surface area contributed by atoms with Crippen molar-refractivity contribution in [2.75, 3.05) is 17.2 Å². The fraction of sp³-hybridized carbons (Fsp3) is 0.200. The van der Waals surface area contributed by atoms with E-state index in [0.29, 0.717) is 35.9 Å². The van der Waals surface area contributed by atoms with E-state index in [9.17, 15) is 19.7 Å². The Hall–Kier alpha value is -3.91. The van der Waals surface area contributed by atoms with Crippen LogP contribution >= 0.6 is 11.6 Å². The van der Waals surface area contributed by atoms with E-state index in [2.05, 4.69) is 10.6 Å². The Kier molecular flexibility index (Phi) is 7.08. The molecule has 174 valence electrons. The van der Waals surface area contributed by atoms with Crippen LogP contribution in [0.5, 0.6) is 0 Å². The molecule has 0 saturated carbocycles. The lowest BCUT2D eigenvalue weighted by Crippen LogP contribution is -2.23. The number of nitrogens with one attached hydrogen (secondary N) is 2. The summed E-state index contributed by atoms with van der Waals surface area (Å²) in [6.45, 7) is 1.52. The van der Waals surface area contributed by atoms with E-state index in [1.807, 2.05) is 24.3 Å². The lowest BCUT2D eigenvalue weighted by molar-refractivity contribution is -0.384.